The van der Waals surface area contributed by atoms with Gasteiger partial charge in [-0.3, -0.25) is 0 Å². The van der Waals surface area contributed by atoms with E-state index in [9.17, 15) is 13.2 Å². The van der Waals surface area contributed by atoms with Gasteiger partial charge in [0.05, 0.1) is 13.1 Å². The second-order valence-corrected chi connectivity index (χ2v) is 6.90. The summed E-state index contributed by atoms with van der Waals surface area (Å²) in [6.07, 6.45) is -1.63. The van der Waals surface area contributed by atoms with Gasteiger partial charge in [0.25, 0.3) is 0 Å². The number of hydrogen-bond acceptors (Lipinski definition) is 6. The van der Waals surface area contributed by atoms with Crippen LogP contribution in [0.2, 0.25) is 0 Å². The average molecular weight is 569 g/mol. The molecule has 0 saturated heterocycles. The largest absolute Gasteiger partial charge is 0.475 e. The van der Waals surface area contributed by atoms with Gasteiger partial charge in [-0.15, -0.1) is 24.0 Å². The standard InChI is InChI=1S/C19H26F3N7O2.HI/c1-3-23-18(25-9-10-31-17-14(19(20,21)22)5-4-8-24-17)26-13-6-7-16-27-15(12-30-2)28-29(16)11-13;/h4-5,8,13H,3,6-7,9-12H2,1-2H3,(H2,23,25,26);1H. The number of halogens is 4. The number of pyridine rings is 1. The SMILES string of the molecule is CCNC(=NCCOc1ncccc1C(F)(F)F)NC1CCc2nc(COC)nn2C1.I. The quantitative estimate of drug-likeness (QED) is 0.218. The smallest absolute Gasteiger partial charge is 0.421 e. The topological polar surface area (TPSA) is 98.5 Å². The first-order valence-electron chi connectivity index (χ1n) is 10.0. The van der Waals surface area contributed by atoms with Gasteiger partial charge in [0.15, 0.2) is 11.8 Å². The number of ether oxygens (including phenoxy) is 2. The highest BCUT2D eigenvalue weighted by atomic mass is 127. The van der Waals surface area contributed by atoms with Crippen LogP contribution in [-0.4, -0.2) is 58.6 Å². The highest BCUT2D eigenvalue weighted by molar-refractivity contribution is 14.0. The van der Waals surface area contributed by atoms with Crippen molar-refractivity contribution in [3.63, 3.8) is 0 Å². The van der Waals surface area contributed by atoms with E-state index in [0.29, 0.717) is 31.5 Å². The predicted molar refractivity (Wildman–Crippen MR) is 122 cm³/mol. The van der Waals surface area contributed by atoms with E-state index < -0.39 is 17.6 Å². The highest BCUT2D eigenvalue weighted by Gasteiger charge is 2.35. The molecule has 0 radical (unpaired) electrons. The number of nitrogens with one attached hydrogen (secondary N) is 2. The number of aromatic nitrogens is 4. The van der Waals surface area contributed by atoms with Crippen LogP contribution in [0.1, 0.15) is 30.6 Å². The van der Waals surface area contributed by atoms with E-state index in [0.717, 1.165) is 24.7 Å². The first kappa shape index (κ1) is 26.1. The lowest BCUT2D eigenvalue weighted by atomic mass is 10.1. The van der Waals surface area contributed by atoms with E-state index in [1.54, 1.807) is 7.11 Å². The molecule has 178 valence electrons. The van der Waals surface area contributed by atoms with Crippen molar-refractivity contribution in [1.29, 1.82) is 0 Å². The van der Waals surface area contributed by atoms with E-state index in [1.165, 1.54) is 12.3 Å². The van der Waals surface area contributed by atoms with Crippen molar-refractivity contribution >= 4 is 29.9 Å². The van der Waals surface area contributed by atoms with Gasteiger partial charge >= 0.3 is 6.18 Å². The Morgan fingerprint density at radius 2 is 2.19 bits per heavy atom. The van der Waals surface area contributed by atoms with Gasteiger partial charge in [0.1, 0.15) is 24.6 Å². The van der Waals surface area contributed by atoms with E-state index in [4.69, 9.17) is 9.47 Å². The Morgan fingerprint density at radius 1 is 1.38 bits per heavy atom. The fourth-order valence-electron chi connectivity index (χ4n) is 3.20. The summed E-state index contributed by atoms with van der Waals surface area (Å²) in [4.78, 5) is 12.5. The van der Waals surface area contributed by atoms with E-state index in [-0.39, 0.29) is 43.2 Å². The van der Waals surface area contributed by atoms with Crippen LogP contribution < -0.4 is 15.4 Å². The first-order valence-corrected chi connectivity index (χ1v) is 10.0. The fraction of sp³-hybridized carbons (Fsp3) is 0.579. The van der Waals surface area contributed by atoms with Gasteiger partial charge < -0.3 is 20.1 Å². The molecule has 0 aliphatic carbocycles. The molecule has 1 aliphatic rings. The Labute approximate surface area is 201 Å². The number of guanidine groups is 1. The maximum absolute atomic E-state index is 13.0. The third-order valence-corrected chi connectivity index (χ3v) is 4.54. The predicted octanol–water partition coefficient (Wildman–Crippen LogP) is 2.41. The molecule has 13 heteroatoms. The van der Waals surface area contributed by atoms with Crippen LogP contribution in [-0.2, 0) is 30.5 Å². The Bertz CT molecular complexity index is 892. The summed E-state index contributed by atoms with van der Waals surface area (Å²) in [5, 5.41) is 10.9. The van der Waals surface area contributed by atoms with Crippen molar-refractivity contribution in [2.24, 2.45) is 4.99 Å². The first-order chi connectivity index (χ1) is 14.9. The lowest BCUT2D eigenvalue weighted by Gasteiger charge is -2.25. The van der Waals surface area contributed by atoms with Crippen LogP contribution in [0.25, 0.3) is 0 Å². The number of methoxy groups -OCH3 is 1. The number of aliphatic imine (C=N–C) groups is 1. The summed E-state index contributed by atoms with van der Waals surface area (Å²) in [5.41, 5.74) is -0.900. The number of fused-ring (bicyclic) bond motifs is 1. The maximum Gasteiger partial charge on any atom is 0.421 e. The third kappa shape index (κ3) is 7.18. The highest BCUT2D eigenvalue weighted by Crippen LogP contribution is 2.34. The number of hydrogen-bond donors (Lipinski definition) is 2. The summed E-state index contributed by atoms with van der Waals surface area (Å²) >= 11 is 0. The van der Waals surface area contributed by atoms with Crippen LogP contribution in [0.5, 0.6) is 5.88 Å². The molecule has 0 saturated carbocycles. The van der Waals surface area contributed by atoms with Crippen molar-refractivity contribution in [2.45, 2.75) is 45.1 Å². The molecule has 2 aromatic heterocycles. The summed E-state index contributed by atoms with van der Waals surface area (Å²) in [6, 6.07) is 2.26. The molecule has 2 N–H and O–H groups in total. The average Bonchev–Trinajstić information content (AvgIpc) is 3.13. The molecule has 1 atom stereocenters. The van der Waals surface area contributed by atoms with Gasteiger partial charge in [-0.1, -0.05) is 0 Å². The van der Waals surface area contributed by atoms with Crippen LogP contribution in [0.4, 0.5) is 13.2 Å². The molecular formula is C19H27F3IN7O2. The van der Waals surface area contributed by atoms with Gasteiger partial charge in [-0.25, -0.2) is 19.6 Å². The monoisotopic (exact) mass is 569 g/mol. The van der Waals surface area contributed by atoms with Crippen molar-refractivity contribution in [2.75, 3.05) is 26.8 Å². The molecule has 0 aromatic carbocycles. The third-order valence-electron chi connectivity index (χ3n) is 4.54. The summed E-state index contributed by atoms with van der Waals surface area (Å²) in [6.45, 7) is 3.72. The summed E-state index contributed by atoms with van der Waals surface area (Å²) in [5.74, 6) is 1.70. The number of alkyl halides is 3. The van der Waals surface area contributed by atoms with E-state index >= 15 is 0 Å². The minimum absolute atomic E-state index is 0. The van der Waals surface area contributed by atoms with Gasteiger partial charge in [0, 0.05) is 32.3 Å². The fourth-order valence-corrected chi connectivity index (χ4v) is 3.20. The Morgan fingerprint density at radius 3 is 2.91 bits per heavy atom. The van der Waals surface area contributed by atoms with Gasteiger partial charge in [-0.05, 0) is 25.5 Å². The Balaban J connectivity index is 0.00000363. The van der Waals surface area contributed by atoms with Crippen molar-refractivity contribution < 1.29 is 22.6 Å². The number of aryl methyl sites for hydroxylation is 1. The molecule has 0 spiro atoms. The Kier molecular flexibility index (Phi) is 9.93. The van der Waals surface area contributed by atoms with Crippen LogP contribution in [0, 0.1) is 0 Å². The molecule has 9 nitrogen and oxygen atoms in total. The van der Waals surface area contributed by atoms with Gasteiger partial charge in [0.2, 0.25) is 5.88 Å². The molecule has 2 aromatic rings. The van der Waals surface area contributed by atoms with Crippen LogP contribution in [0.15, 0.2) is 23.3 Å². The van der Waals surface area contributed by atoms with Crippen LogP contribution in [0.3, 0.4) is 0 Å². The molecule has 3 rings (SSSR count). The molecule has 0 amide bonds. The van der Waals surface area contributed by atoms with Crippen LogP contribution >= 0.6 is 24.0 Å². The van der Waals surface area contributed by atoms with E-state index in [1.807, 2.05) is 11.6 Å². The molecular weight excluding hydrogens is 542 g/mol. The zero-order valence-electron chi connectivity index (χ0n) is 17.9. The second-order valence-electron chi connectivity index (χ2n) is 6.90. The van der Waals surface area contributed by atoms with Crippen molar-refractivity contribution in [3.8, 4) is 5.88 Å². The zero-order chi connectivity index (χ0) is 22.3. The molecule has 32 heavy (non-hydrogen) atoms. The lowest BCUT2D eigenvalue weighted by molar-refractivity contribution is -0.139. The minimum Gasteiger partial charge on any atom is -0.475 e. The summed E-state index contributed by atoms with van der Waals surface area (Å²) < 4.78 is 51.2. The second kappa shape index (κ2) is 12.2. The Hall–Kier alpha value is -2.16. The van der Waals surface area contributed by atoms with Crippen molar-refractivity contribution in [3.05, 3.63) is 35.5 Å². The molecule has 0 fully saturated rings. The zero-order valence-corrected chi connectivity index (χ0v) is 20.2. The molecule has 1 aliphatic heterocycles. The minimum atomic E-state index is -4.52. The van der Waals surface area contributed by atoms with Crippen molar-refractivity contribution in [1.82, 2.24) is 30.4 Å². The molecule has 1 unspecified atom stereocenters. The molecule has 0 bridgehead atoms. The van der Waals surface area contributed by atoms with Gasteiger partial charge in [-0.2, -0.15) is 18.3 Å². The normalized spacial score (nSPS) is 16.2. The number of rotatable bonds is 8. The van der Waals surface area contributed by atoms with E-state index in [2.05, 4.69) is 30.7 Å². The number of nitrogens with zero attached hydrogens (tertiary/aromatic N) is 5. The lowest BCUT2D eigenvalue weighted by Crippen LogP contribution is -2.47. The molecule has 3 heterocycles. The summed E-state index contributed by atoms with van der Waals surface area (Å²) in [7, 11) is 1.60. The maximum atomic E-state index is 13.0.